The van der Waals surface area contributed by atoms with E-state index in [1.54, 1.807) is 0 Å². The second-order valence-electron chi connectivity index (χ2n) is 15.5. The van der Waals surface area contributed by atoms with E-state index in [4.69, 9.17) is 24.4 Å². The molecular weight excluding hydrogens is 671 g/mol. The van der Waals surface area contributed by atoms with Crippen LogP contribution in [0.25, 0.3) is 0 Å². The molecule has 3 aliphatic heterocycles. The number of phenolic OH excluding ortho intramolecular Hbond substituents is 2. The molecule has 3 aromatic carbocycles. The van der Waals surface area contributed by atoms with Gasteiger partial charge in [0, 0.05) is 44.8 Å². The number of nitrogens with zero attached hydrogens (tertiary/aromatic N) is 4. The third-order valence-electron chi connectivity index (χ3n) is 11.9. The van der Waals surface area contributed by atoms with Crippen LogP contribution in [0.1, 0.15) is 68.1 Å². The van der Waals surface area contributed by atoms with Crippen LogP contribution in [0.15, 0.2) is 78.9 Å². The molecule has 7 rings (SSSR count). The van der Waals surface area contributed by atoms with Gasteiger partial charge >= 0.3 is 0 Å². The summed E-state index contributed by atoms with van der Waals surface area (Å²) in [6, 6.07) is 27.6. The lowest BCUT2D eigenvalue weighted by atomic mass is 9.98. The predicted octanol–water partition coefficient (Wildman–Crippen LogP) is 6.76. The molecule has 1 aliphatic carbocycles. The van der Waals surface area contributed by atoms with Crippen LogP contribution in [0.5, 0.6) is 11.5 Å². The Hall–Kier alpha value is -3.40. The summed E-state index contributed by atoms with van der Waals surface area (Å²) in [4.78, 5) is 10.3. The van der Waals surface area contributed by atoms with Gasteiger partial charge < -0.3 is 30.2 Å². The van der Waals surface area contributed by atoms with Gasteiger partial charge in [-0.15, -0.1) is 0 Å². The minimum Gasteiger partial charge on any atom is -0.508 e. The number of hydrogen-bond donors (Lipinski definition) is 3. The van der Waals surface area contributed by atoms with E-state index in [-0.39, 0.29) is 12.1 Å². The molecule has 4 fully saturated rings. The van der Waals surface area contributed by atoms with Crippen molar-refractivity contribution in [1.82, 2.24) is 24.9 Å². The monoisotopic (exact) mass is 725 g/mol. The molecule has 0 amide bonds. The average Bonchev–Trinajstić information content (AvgIpc) is 3.73. The summed E-state index contributed by atoms with van der Waals surface area (Å²) in [7, 11) is 0. The normalized spacial score (nSPS) is 23.9. The summed E-state index contributed by atoms with van der Waals surface area (Å²) in [6.45, 7) is 5.78. The fraction of sp³-hybridized carbons (Fsp3) is 0.524. The summed E-state index contributed by atoms with van der Waals surface area (Å²) >= 11 is 12.4. The van der Waals surface area contributed by atoms with E-state index in [0.717, 1.165) is 68.8 Å². The van der Waals surface area contributed by atoms with E-state index in [1.165, 1.54) is 68.1 Å². The summed E-state index contributed by atoms with van der Waals surface area (Å²) in [5, 5.41) is 25.5. The SMILES string of the molecule is Oc1ccc(C[C@H]2CN([C@@H](Cc3ccc(O)cc3)CN3CCC[C@@H]3CN3C(=S)NC[C@@H]3Cc3ccccc3)C(=S)N2CC2CCCCCC2)cc1. The third-order valence-corrected chi connectivity index (χ3v) is 12.7. The highest BCUT2D eigenvalue weighted by molar-refractivity contribution is 7.80. The Morgan fingerprint density at radius 3 is 2.02 bits per heavy atom. The van der Waals surface area contributed by atoms with Crippen LogP contribution < -0.4 is 5.32 Å². The van der Waals surface area contributed by atoms with E-state index in [9.17, 15) is 10.2 Å². The fourth-order valence-electron chi connectivity index (χ4n) is 9.06. The lowest BCUT2D eigenvalue weighted by Crippen LogP contribution is -2.51. The molecule has 0 aromatic heterocycles. The molecule has 0 bridgehead atoms. The predicted molar refractivity (Wildman–Crippen MR) is 214 cm³/mol. The molecule has 3 heterocycles. The molecule has 0 radical (unpaired) electrons. The Labute approximate surface area is 315 Å². The van der Waals surface area contributed by atoms with Gasteiger partial charge in [0.05, 0.1) is 12.1 Å². The standard InChI is InChI=1S/C42H55N5O2S2/c48-39-18-14-32(15-19-39)24-37(28-44-22-8-13-35(44)29-45-36(26-43-41(45)50)23-31-9-6-3-7-10-31)47-30-38(25-33-16-20-40(49)21-17-33)46(42(47)51)27-34-11-4-1-2-5-12-34/h3,6-7,9-10,14-21,34-38,48-49H,1-2,4-5,8,11-13,22-30H2,(H,43,50)/t35-,36+,37+,38+/m1/s1. The maximum Gasteiger partial charge on any atom is 0.172 e. The Kier molecular flexibility index (Phi) is 12.0. The quantitative estimate of drug-likeness (QED) is 0.131. The molecule has 272 valence electrons. The minimum atomic E-state index is 0.202. The van der Waals surface area contributed by atoms with Crippen molar-refractivity contribution in [2.24, 2.45) is 5.92 Å². The lowest BCUT2D eigenvalue weighted by Gasteiger charge is -2.37. The van der Waals surface area contributed by atoms with Gasteiger partial charge in [-0.05, 0) is 123 Å². The average molecular weight is 726 g/mol. The highest BCUT2D eigenvalue weighted by atomic mass is 32.1. The van der Waals surface area contributed by atoms with E-state index < -0.39 is 0 Å². The van der Waals surface area contributed by atoms with E-state index in [2.05, 4.69) is 79.5 Å². The number of hydrogen-bond acceptors (Lipinski definition) is 5. The Morgan fingerprint density at radius 1 is 0.667 bits per heavy atom. The first kappa shape index (κ1) is 36.0. The molecule has 4 aliphatic rings. The van der Waals surface area contributed by atoms with Crippen LogP contribution in [-0.4, -0.2) is 103 Å². The molecular formula is C42H55N5O2S2. The van der Waals surface area contributed by atoms with Gasteiger partial charge in [-0.3, -0.25) is 4.90 Å². The molecule has 1 saturated carbocycles. The first-order chi connectivity index (χ1) is 24.9. The highest BCUT2D eigenvalue weighted by Crippen LogP contribution is 2.31. The van der Waals surface area contributed by atoms with Crippen molar-refractivity contribution in [3.63, 3.8) is 0 Å². The van der Waals surface area contributed by atoms with E-state index >= 15 is 0 Å². The van der Waals surface area contributed by atoms with Crippen LogP contribution in [0.2, 0.25) is 0 Å². The molecule has 51 heavy (non-hydrogen) atoms. The molecule has 9 heteroatoms. The highest BCUT2D eigenvalue weighted by Gasteiger charge is 2.41. The first-order valence-electron chi connectivity index (χ1n) is 19.3. The zero-order valence-corrected chi connectivity index (χ0v) is 31.5. The van der Waals surface area contributed by atoms with Crippen molar-refractivity contribution in [2.75, 3.05) is 39.3 Å². The molecule has 0 unspecified atom stereocenters. The van der Waals surface area contributed by atoms with Gasteiger partial charge in [-0.2, -0.15) is 0 Å². The van der Waals surface area contributed by atoms with Crippen molar-refractivity contribution in [1.29, 1.82) is 0 Å². The Bertz CT molecular complexity index is 1580. The molecule has 4 atom stereocenters. The molecule has 3 aromatic rings. The maximum atomic E-state index is 10.1. The molecule has 3 N–H and O–H groups in total. The number of likely N-dealkylation sites (tertiary alicyclic amines) is 1. The van der Waals surface area contributed by atoms with Crippen molar-refractivity contribution in [2.45, 2.75) is 94.8 Å². The van der Waals surface area contributed by atoms with Crippen molar-refractivity contribution in [3.05, 3.63) is 95.6 Å². The molecule has 3 saturated heterocycles. The lowest BCUT2D eigenvalue weighted by molar-refractivity contribution is 0.159. The van der Waals surface area contributed by atoms with Gasteiger partial charge in [0.2, 0.25) is 0 Å². The summed E-state index contributed by atoms with van der Waals surface area (Å²) in [5.74, 6) is 1.28. The second-order valence-corrected chi connectivity index (χ2v) is 16.2. The van der Waals surface area contributed by atoms with Crippen molar-refractivity contribution >= 4 is 34.7 Å². The number of rotatable bonds is 13. The summed E-state index contributed by atoms with van der Waals surface area (Å²) in [5.41, 5.74) is 3.82. The number of phenols is 2. The number of nitrogens with one attached hydrogen (secondary N) is 1. The Morgan fingerprint density at radius 2 is 1.31 bits per heavy atom. The van der Waals surface area contributed by atoms with Gasteiger partial charge in [0.25, 0.3) is 0 Å². The van der Waals surface area contributed by atoms with Gasteiger partial charge in [-0.1, -0.05) is 80.3 Å². The smallest absolute Gasteiger partial charge is 0.172 e. The first-order valence-corrected chi connectivity index (χ1v) is 20.2. The zero-order chi connectivity index (χ0) is 35.2. The third kappa shape index (κ3) is 9.16. The van der Waals surface area contributed by atoms with Crippen LogP contribution in [-0.2, 0) is 19.3 Å². The summed E-state index contributed by atoms with van der Waals surface area (Å²) < 4.78 is 0. The van der Waals surface area contributed by atoms with Gasteiger partial charge in [0.15, 0.2) is 10.2 Å². The van der Waals surface area contributed by atoms with Crippen LogP contribution >= 0.6 is 24.4 Å². The number of benzene rings is 3. The zero-order valence-electron chi connectivity index (χ0n) is 29.9. The number of aromatic hydroxyl groups is 2. The van der Waals surface area contributed by atoms with Gasteiger partial charge in [0.1, 0.15) is 11.5 Å². The Balaban J connectivity index is 1.11. The maximum absolute atomic E-state index is 10.1. The minimum absolute atomic E-state index is 0.202. The van der Waals surface area contributed by atoms with E-state index in [0.29, 0.717) is 29.5 Å². The topological polar surface area (TPSA) is 65.5 Å². The van der Waals surface area contributed by atoms with Crippen LogP contribution in [0.3, 0.4) is 0 Å². The van der Waals surface area contributed by atoms with E-state index in [1.807, 2.05) is 24.3 Å². The van der Waals surface area contributed by atoms with Crippen molar-refractivity contribution < 1.29 is 10.2 Å². The molecule has 7 nitrogen and oxygen atoms in total. The van der Waals surface area contributed by atoms with Gasteiger partial charge in [-0.25, -0.2) is 0 Å². The van der Waals surface area contributed by atoms with Crippen molar-refractivity contribution in [3.8, 4) is 11.5 Å². The molecule has 0 spiro atoms. The number of thiocarbonyl (C=S) groups is 2. The largest absolute Gasteiger partial charge is 0.508 e. The van der Waals surface area contributed by atoms with Crippen LogP contribution in [0.4, 0.5) is 0 Å². The van der Waals surface area contributed by atoms with Crippen LogP contribution in [0, 0.1) is 5.92 Å². The second kappa shape index (κ2) is 17.0. The fourth-order valence-corrected chi connectivity index (χ4v) is 9.82. The summed E-state index contributed by atoms with van der Waals surface area (Å²) in [6.07, 6.45) is 13.0.